The van der Waals surface area contributed by atoms with Crippen LogP contribution in [0.1, 0.15) is 43.9 Å². The van der Waals surface area contributed by atoms with Gasteiger partial charge >= 0.3 is 5.97 Å². The molecule has 0 fully saturated rings. The van der Waals surface area contributed by atoms with Gasteiger partial charge in [-0.2, -0.15) is 0 Å². The predicted octanol–water partition coefficient (Wildman–Crippen LogP) is 2.31. The van der Waals surface area contributed by atoms with Crippen molar-refractivity contribution in [3.05, 3.63) is 23.3 Å². The van der Waals surface area contributed by atoms with E-state index in [2.05, 4.69) is 0 Å². The number of carboxylic acids is 1. The van der Waals surface area contributed by atoms with Gasteiger partial charge in [-0.1, -0.05) is 0 Å². The Balaban J connectivity index is 2.26. The number of benzene rings is 1. The highest BCUT2D eigenvalue weighted by Gasteiger charge is 2.24. The maximum Gasteiger partial charge on any atom is 0.303 e. The number of hydrogen-bond acceptors (Lipinski definition) is 4. The Kier molecular flexibility index (Phi) is 4.49. The number of aliphatic carboxylic acids is 1. The van der Waals surface area contributed by atoms with Crippen LogP contribution in [0.3, 0.4) is 0 Å². The highest BCUT2D eigenvalue weighted by atomic mass is 16.5. The van der Waals surface area contributed by atoms with E-state index in [0.717, 1.165) is 17.7 Å². The quantitative estimate of drug-likeness (QED) is 0.836. The molecule has 2 N–H and O–H groups in total. The zero-order valence-electron chi connectivity index (χ0n) is 11.8. The molecule has 0 aromatic heterocycles. The summed E-state index contributed by atoms with van der Waals surface area (Å²) in [4.78, 5) is 10.6. The zero-order valence-corrected chi connectivity index (χ0v) is 11.8. The van der Waals surface area contributed by atoms with Crippen LogP contribution >= 0.6 is 0 Å². The fourth-order valence-electron chi connectivity index (χ4n) is 2.41. The average molecular weight is 280 g/mol. The van der Waals surface area contributed by atoms with Crippen LogP contribution in [0.4, 0.5) is 0 Å². The van der Waals surface area contributed by atoms with Crippen LogP contribution in [0.2, 0.25) is 0 Å². The van der Waals surface area contributed by atoms with Crippen LogP contribution in [-0.4, -0.2) is 28.9 Å². The maximum absolute atomic E-state index is 10.6. The molecule has 1 heterocycles. The molecule has 2 atom stereocenters. The topological polar surface area (TPSA) is 76.0 Å². The number of aliphatic hydroxyl groups excluding tert-OH is 1. The molecule has 1 aliphatic rings. The molecule has 0 amide bonds. The Labute approximate surface area is 118 Å². The van der Waals surface area contributed by atoms with Crippen molar-refractivity contribution in [1.82, 2.24) is 0 Å². The highest BCUT2D eigenvalue weighted by molar-refractivity contribution is 5.66. The summed E-state index contributed by atoms with van der Waals surface area (Å²) in [6, 6.07) is 3.66. The lowest BCUT2D eigenvalue weighted by molar-refractivity contribution is -0.137. The molecule has 2 rings (SSSR count). The number of hydrogen-bond donors (Lipinski definition) is 2. The zero-order chi connectivity index (χ0) is 14.7. The molecule has 1 aromatic carbocycles. The minimum Gasteiger partial charge on any atom is -0.493 e. The third-order valence-corrected chi connectivity index (χ3v) is 3.32. The highest BCUT2D eigenvalue weighted by Crippen LogP contribution is 2.38. The fourth-order valence-corrected chi connectivity index (χ4v) is 2.41. The van der Waals surface area contributed by atoms with Crippen LogP contribution in [-0.2, 0) is 11.2 Å². The summed E-state index contributed by atoms with van der Waals surface area (Å²) in [5.74, 6) is 0.445. The molecule has 1 aromatic rings. The number of fused-ring (bicyclic) bond motifs is 1. The minimum absolute atomic E-state index is 0.0823. The van der Waals surface area contributed by atoms with E-state index >= 15 is 0 Å². The van der Waals surface area contributed by atoms with E-state index in [9.17, 15) is 9.90 Å². The lowest BCUT2D eigenvalue weighted by Crippen LogP contribution is -2.06. The van der Waals surface area contributed by atoms with Crippen LogP contribution in [0.15, 0.2) is 12.1 Å². The van der Waals surface area contributed by atoms with E-state index < -0.39 is 12.1 Å². The lowest BCUT2D eigenvalue weighted by Gasteiger charge is -2.16. The van der Waals surface area contributed by atoms with Crippen molar-refractivity contribution < 1.29 is 24.5 Å². The molecule has 0 bridgehead atoms. The molecule has 0 saturated heterocycles. The van der Waals surface area contributed by atoms with Crippen molar-refractivity contribution in [3.63, 3.8) is 0 Å². The van der Waals surface area contributed by atoms with Crippen LogP contribution < -0.4 is 9.47 Å². The van der Waals surface area contributed by atoms with Gasteiger partial charge < -0.3 is 19.7 Å². The summed E-state index contributed by atoms with van der Waals surface area (Å²) in [6.07, 6.45) is 0.148. The van der Waals surface area contributed by atoms with Gasteiger partial charge in [-0.05, 0) is 32.4 Å². The molecular weight excluding hydrogens is 260 g/mol. The third kappa shape index (κ3) is 3.22. The van der Waals surface area contributed by atoms with Gasteiger partial charge in [0.1, 0.15) is 17.6 Å². The summed E-state index contributed by atoms with van der Waals surface area (Å²) in [6.45, 7) is 4.36. The smallest absolute Gasteiger partial charge is 0.303 e. The second-order valence-corrected chi connectivity index (χ2v) is 5.01. The van der Waals surface area contributed by atoms with E-state index in [-0.39, 0.29) is 18.9 Å². The normalized spacial score (nSPS) is 18.2. The second kappa shape index (κ2) is 6.13. The lowest BCUT2D eigenvalue weighted by atomic mass is 10.00. The average Bonchev–Trinajstić information content (AvgIpc) is 2.74. The van der Waals surface area contributed by atoms with E-state index in [1.165, 1.54) is 0 Å². The van der Waals surface area contributed by atoms with E-state index in [1.54, 1.807) is 6.07 Å². The van der Waals surface area contributed by atoms with E-state index in [0.29, 0.717) is 17.9 Å². The molecule has 0 spiro atoms. The molecule has 110 valence electrons. The van der Waals surface area contributed by atoms with Crippen LogP contribution in [0.5, 0.6) is 11.5 Å². The van der Waals surface area contributed by atoms with Crippen molar-refractivity contribution in [3.8, 4) is 11.5 Å². The van der Waals surface area contributed by atoms with Crippen LogP contribution in [0, 0.1) is 0 Å². The number of carbonyl (C=O) groups is 1. The van der Waals surface area contributed by atoms with Crippen molar-refractivity contribution in [2.24, 2.45) is 0 Å². The Morgan fingerprint density at radius 3 is 2.95 bits per heavy atom. The number of rotatable bonds is 6. The molecular formula is C15H20O5. The largest absolute Gasteiger partial charge is 0.493 e. The molecule has 0 aliphatic carbocycles. The van der Waals surface area contributed by atoms with Crippen molar-refractivity contribution in [1.29, 1.82) is 0 Å². The Bertz CT molecular complexity index is 497. The van der Waals surface area contributed by atoms with Gasteiger partial charge in [0.05, 0.1) is 12.7 Å². The minimum atomic E-state index is -0.923. The van der Waals surface area contributed by atoms with Crippen molar-refractivity contribution in [2.45, 2.75) is 45.3 Å². The summed E-state index contributed by atoms with van der Waals surface area (Å²) >= 11 is 0. The molecule has 5 nitrogen and oxygen atoms in total. The third-order valence-electron chi connectivity index (χ3n) is 3.32. The van der Waals surface area contributed by atoms with Gasteiger partial charge in [0, 0.05) is 24.0 Å². The number of aliphatic hydroxyl groups is 1. The molecule has 5 heteroatoms. The van der Waals surface area contributed by atoms with Gasteiger partial charge in [0.15, 0.2) is 0 Å². The standard InChI is InChI=1S/C15H20O5/c1-3-19-14-7-10-6-9(2)20-13(10)8-11(14)12(16)4-5-15(17)18/h7-9,12,16H,3-6H2,1-2H3,(H,17,18). The van der Waals surface area contributed by atoms with Gasteiger partial charge in [-0.3, -0.25) is 4.79 Å². The summed E-state index contributed by atoms with van der Waals surface area (Å²) in [7, 11) is 0. The fraction of sp³-hybridized carbons (Fsp3) is 0.533. The van der Waals surface area contributed by atoms with Crippen molar-refractivity contribution >= 4 is 5.97 Å². The monoisotopic (exact) mass is 280 g/mol. The summed E-state index contributed by atoms with van der Waals surface area (Å²) in [5, 5.41) is 18.9. The molecule has 20 heavy (non-hydrogen) atoms. The Hall–Kier alpha value is -1.75. The summed E-state index contributed by atoms with van der Waals surface area (Å²) < 4.78 is 11.2. The number of carboxylic acid groups (broad SMARTS) is 1. The first-order valence-corrected chi connectivity index (χ1v) is 6.87. The van der Waals surface area contributed by atoms with Gasteiger partial charge in [-0.15, -0.1) is 0 Å². The second-order valence-electron chi connectivity index (χ2n) is 5.01. The maximum atomic E-state index is 10.6. The molecule has 0 radical (unpaired) electrons. The SMILES string of the molecule is CCOc1cc2c(cc1C(O)CCC(=O)O)OC(C)C2. The molecule has 2 unspecified atom stereocenters. The first-order chi connectivity index (χ1) is 9.51. The first-order valence-electron chi connectivity index (χ1n) is 6.87. The van der Waals surface area contributed by atoms with Gasteiger partial charge in [-0.25, -0.2) is 0 Å². The number of ether oxygens (including phenoxy) is 2. The van der Waals surface area contributed by atoms with Gasteiger partial charge in [0.25, 0.3) is 0 Å². The Morgan fingerprint density at radius 2 is 2.30 bits per heavy atom. The predicted molar refractivity (Wildman–Crippen MR) is 73.2 cm³/mol. The van der Waals surface area contributed by atoms with E-state index in [1.807, 2.05) is 19.9 Å². The summed E-state index contributed by atoms with van der Waals surface area (Å²) in [5.41, 5.74) is 1.66. The van der Waals surface area contributed by atoms with E-state index in [4.69, 9.17) is 14.6 Å². The van der Waals surface area contributed by atoms with Crippen LogP contribution in [0.25, 0.3) is 0 Å². The van der Waals surface area contributed by atoms with Crippen molar-refractivity contribution in [2.75, 3.05) is 6.61 Å². The van der Waals surface area contributed by atoms with Gasteiger partial charge in [0.2, 0.25) is 0 Å². The first kappa shape index (κ1) is 14.7. The molecule has 0 saturated carbocycles. The molecule has 1 aliphatic heterocycles. The Morgan fingerprint density at radius 1 is 1.55 bits per heavy atom.